The van der Waals surface area contributed by atoms with Crippen LogP contribution < -0.4 is 4.90 Å². The number of anilines is 1. The molecule has 0 bridgehead atoms. The molecule has 3 heterocycles. The summed E-state index contributed by atoms with van der Waals surface area (Å²) in [7, 11) is 0. The number of nitrogens with zero attached hydrogens (tertiary/aromatic N) is 5. The van der Waals surface area contributed by atoms with Gasteiger partial charge >= 0.3 is 0 Å². The summed E-state index contributed by atoms with van der Waals surface area (Å²) in [5.74, 6) is 2.70. The Hall–Kier alpha value is -2.14. The van der Waals surface area contributed by atoms with Crippen LogP contribution in [0.1, 0.15) is 50.4 Å². The molecule has 0 aliphatic carbocycles. The topological polar surface area (TPSA) is 46.8 Å². The van der Waals surface area contributed by atoms with Crippen LogP contribution in [0.2, 0.25) is 5.15 Å². The maximum atomic E-state index is 6.17. The summed E-state index contributed by atoms with van der Waals surface area (Å²) in [5.41, 5.74) is 2.24. The molecule has 1 saturated heterocycles. The number of imidazole rings is 1. The zero-order valence-electron chi connectivity index (χ0n) is 14.8. The lowest BCUT2D eigenvalue weighted by Gasteiger charge is -2.27. The van der Waals surface area contributed by atoms with Gasteiger partial charge in [-0.05, 0) is 45.7 Å². The molecule has 130 valence electrons. The molecule has 0 saturated carbocycles. The second kappa shape index (κ2) is 6.30. The van der Waals surface area contributed by atoms with E-state index < -0.39 is 0 Å². The van der Waals surface area contributed by atoms with Crippen LogP contribution in [0.5, 0.6) is 0 Å². The van der Waals surface area contributed by atoms with Crippen molar-refractivity contribution in [2.24, 2.45) is 0 Å². The molecule has 0 radical (unpaired) electrons. The van der Waals surface area contributed by atoms with Crippen LogP contribution in [0.3, 0.4) is 0 Å². The van der Waals surface area contributed by atoms with Crippen molar-refractivity contribution in [1.29, 1.82) is 0 Å². The van der Waals surface area contributed by atoms with Gasteiger partial charge in [0.05, 0.1) is 17.1 Å². The van der Waals surface area contributed by atoms with Crippen molar-refractivity contribution in [2.45, 2.75) is 45.7 Å². The van der Waals surface area contributed by atoms with E-state index in [1.54, 1.807) is 0 Å². The highest BCUT2D eigenvalue weighted by Gasteiger charge is 2.32. The van der Waals surface area contributed by atoms with Gasteiger partial charge in [-0.15, -0.1) is 0 Å². The van der Waals surface area contributed by atoms with E-state index in [-0.39, 0.29) is 6.04 Å². The van der Waals surface area contributed by atoms with E-state index in [0.717, 1.165) is 36.5 Å². The molecule has 4 rings (SSSR count). The fourth-order valence-electron chi connectivity index (χ4n) is 3.81. The standard InChI is InChI=1S/C19H22ClN5/c1-12(2)25-15-8-5-4-7-14(15)23-19(25)16-9-6-10-24(16)18-11-17(20)21-13(3)22-18/h4-5,7-8,11-12,16H,6,9-10H2,1-3H3/t16-/m0/s1. The van der Waals surface area contributed by atoms with E-state index in [2.05, 4.69) is 51.5 Å². The molecule has 1 aliphatic heterocycles. The number of fused-ring (bicyclic) bond motifs is 1. The highest BCUT2D eigenvalue weighted by Crippen LogP contribution is 2.37. The normalized spacial score (nSPS) is 17.8. The van der Waals surface area contributed by atoms with E-state index in [0.29, 0.717) is 17.0 Å². The van der Waals surface area contributed by atoms with Gasteiger partial charge in [0.25, 0.3) is 0 Å². The Bertz CT molecular complexity index is 897. The van der Waals surface area contributed by atoms with Gasteiger partial charge in [-0.2, -0.15) is 0 Å². The van der Waals surface area contributed by atoms with E-state index in [4.69, 9.17) is 16.6 Å². The Labute approximate surface area is 152 Å². The van der Waals surface area contributed by atoms with Crippen LogP contribution in [-0.4, -0.2) is 26.1 Å². The van der Waals surface area contributed by atoms with Crippen molar-refractivity contribution in [1.82, 2.24) is 19.5 Å². The first kappa shape index (κ1) is 16.3. The van der Waals surface area contributed by atoms with E-state index in [1.165, 1.54) is 5.52 Å². The third-order valence-corrected chi connectivity index (χ3v) is 4.97. The summed E-state index contributed by atoms with van der Waals surface area (Å²) in [4.78, 5) is 16.1. The number of para-hydroxylation sites is 2. The lowest BCUT2D eigenvalue weighted by atomic mass is 10.2. The maximum absolute atomic E-state index is 6.17. The molecule has 25 heavy (non-hydrogen) atoms. The number of halogens is 1. The highest BCUT2D eigenvalue weighted by atomic mass is 35.5. The van der Waals surface area contributed by atoms with Crippen molar-refractivity contribution in [3.8, 4) is 0 Å². The Morgan fingerprint density at radius 1 is 1.16 bits per heavy atom. The van der Waals surface area contributed by atoms with Crippen LogP contribution in [0.15, 0.2) is 30.3 Å². The van der Waals surface area contributed by atoms with Crippen molar-refractivity contribution >= 4 is 28.5 Å². The average Bonchev–Trinajstić information content (AvgIpc) is 3.18. The van der Waals surface area contributed by atoms with Crippen LogP contribution in [0.4, 0.5) is 5.82 Å². The molecule has 0 unspecified atom stereocenters. The molecule has 0 N–H and O–H groups in total. The Morgan fingerprint density at radius 2 is 1.96 bits per heavy atom. The average molecular weight is 356 g/mol. The minimum Gasteiger partial charge on any atom is -0.346 e. The van der Waals surface area contributed by atoms with Crippen LogP contribution >= 0.6 is 11.6 Å². The maximum Gasteiger partial charge on any atom is 0.134 e. The predicted molar refractivity (Wildman–Crippen MR) is 101 cm³/mol. The lowest BCUT2D eigenvalue weighted by molar-refractivity contribution is 0.539. The van der Waals surface area contributed by atoms with Crippen LogP contribution in [0.25, 0.3) is 11.0 Å². The number of hydrogen-bond donors (Lipinski definition) is 0. The Kier molecular flexibility index (Phi) is 4.12. The minimum atomic E-state index is 0.208. The SMILES string of the molecule is Cc1nc(Cl)cc(N2CCC[C@H]2c2nc3ccccc3n2C(C)C)n1. The second-order valence-corrected chi connectivity index (χ2v) is 7.26. The van der Waals surface area contributed by atoms with Gasteiger partial charge < -0.3 is 9.47 Å². The highest BCUT2D eigenvalue weighted by molar-refractivity contribution is 6.29. The number of aryl methyl sites for hydroxylation is 1. The third-order valence-electron chi connectivity index (χ3n) is 4.78. The number of rotatable bonds is 3. The zero-order chi connectivity index (χ0) is 17.6. The van der Waals surface area contributed by atoms with Gasteiger partial charge in [-0.3, -0.25) is 0 Å². The summed E-state index contributed by atoms with van der Waals surface area (Å²) in [6, 6.07) is 10.8. The summed E-state index contributed by atoms with van der Waals surface area (Å²) in [6.07, 6.45) is 2.18. The predicted octanol–water partition coefficient (Wildman–Crippen LogP) is 4.71. The van der Waals surface area contributed by atoms with Gasteiger partial charge in [0.15, 0.2) is 0 Å². The fraction of sp³-hybridized carbons (Fsp3) is 0.421. The minimum absolute atomic E-state index is 0.208. The van der Waals surface area contributed by atoms with Crippen molar-refractivity contribution in [3.05, 3.63) is 47.1 Å². The first-order chi connectivity index (χ1) is 12.0. The molecule has 3 aromatic rings. The Balaban J connectivity index is 1.83. The van der Waals surface area contributed by atoms with Crippen LogP contribution in [-0.2, 0) is 0 Å². The lowest BCUT2D eigenvalue weighted by Crippen LogP contribution is -2.27. The van der Waals surface area contributed by atoms with Gasteiger partial charge in [0, 0.05) is 18.7 Å². The molecular weight excluding hydrogens is 334 g/mol. The Morgan fingerprint density at radius 3 is 2.72 bits per heavy atom. The number of benzene rings is 1. The molecule has 6 heteroatoms. The number of hydrogen-bond acceptors (Lipinski definition) is 4. The first-order valence-electron chi connectivity index (χ1n) is 8.79. The summed E-state index contributed by atoms with van der Waals surface area (Å²) in [5, 5.41) is 0.491. The second-order valence-electron chi connectivity index (χ2n) is 6.87. The van der Waals surface area contributed by atoms with Crippen molar-refractivity contribution in [3.63, 3.8) is 0 Å². The third kappa shape index (κ3) is 2.86. The monoisotopic (exact) mass is 355 g/mol. The van der Waals surface area contributed by atoms with Crippen molar-refractivity contribution in [2.75, 3.05) is 11.4 Å². The summed E-state index contributed by atoms with van der Waals surface area (Å²) in [6.45, 7) is 7.26. The quantitative estimate of drug-likeness (QED) is 0.638. The molecule has 5 nitrogen and oxygen atoms in total. The van der Waals surface area contributed by atoms with Gasteiger partial charge in [0.2, 0.25) is 0 Å². The largest absolute Gasteiger partial charge is 0.346 e. The molecular formula is C19H22ClN5. The fourth-order valence-corrected chi connectivity index (χ4v) is 4.03. The molecule has 1 atom stereocenters. The van der Waals surface area contributed by atoms with Crippen LogP contribution in [0, 0.1) is 6.92 Å². The number of aromatic nitrogens is 4. The van der Waals surface area contributed by atoms with E-state index in [9.17, 15) is 0 Å². The molecule has 0 spiro atoms. The molecule has 0 amide bonds. The van der Waals surface area contributed by atoms with E-state index >= 15 is 0 Å². The molecule has 1 aliphatic rings. The summed E-state index contributed by atoms with van der Waals surface area (Å²) >= 11 is 6.17. The zero-order valence-corrected chi connectivity index (χ0v) is 15.5. The smallest absolute Gasteiger partial charge is 0.134 e. The van der Waals surface area contributed by atoms with Gasteiger partial charge in [-0.1, -0.05) is 23.7 Å². The molecule has 1 fully saturated rings. The van der Waals surface area contributed by atoms with Gasteiger partial charge in [-0.25, -0.2) is 15.0 Å². The molecule has 1 aromatic carbocycles. The van der Waals surface area contributed by atoms with Crippen molar-refractivity contribution < 1.29 is 0 Å². The molecule has 2 aromatic heterocycles. The summed E-state index contributed by atoms with van der Waals surface area (Å²) < 4.78 is 2.36. The van der Waals surface area contributed by atoms with E-state index in [1.807, 2.05) is 19.1 Å². The first-order valence-corrected chi connectivity index (χ1v) is 9.17. The van der Waals surface area contributed by atoms with Gasteiger partial charge in [0.1, 0.15) is 22.6 Å².